The summed E-state index contributed by atoms with van der Waals surface area (Å²) in [7, 11) is 0. The standard InChI is InChI=1S/C18H22N4O3S/c1-11-7-12(2)9-14(8-11)17-20-21-18(25-17)26-10-15(23)22-5-3-13(4-6-22)16(19)24/h7-9,13H,3-6,10H2,1-2H3,(H2,19,24). The molecule has 0 atom stereocenters. The lowest BCUT2D eigenvalue weighted by molar-refractivity contribution is -0.132. The van der Waals surface area contributed by atoms with Crippen molar-refractivity contribution in [3.05, 3.63) is 29.3 Å². The molecule has 7 nitrogen and oxygen atoms in total. The molecule has 0 radical (unpaired) electrons. The number of hydrogen-bond acceptors (Lipinski definition) is 6. The van der Waals surface area contributed by atoms with Gasteiger partial charge in [-0.1, -0.05) is 29.0 Å². The van der Waals surface area contributed by atoms with E-state index in [0.29, 0.717) is 37.0 Å². The van der Waals surface area contributed by atoms with Crippen molar-refractivity contribution < 1.29 is 14.0 Å². The van der Waals surface area contributed by atoms with Gasteiger partial charge in [-0.2, -0.15) is 0 Å². The molecule has 2 amide bonds. The molecule has 1 aromatic heterocycles. The number of thioether (sulfide) groups is 1. The first-order chi connectivity index (χ1) is 12.4. The van der Waals surface area contributed by atoms with Crippen LogP contribution in [0.2, 0.25) is 0 Å². The molecule has 1 aliphatic heterocycles. The Morgan fingerprint density at radius 3 is 2.46 bits per heavy atom. The van der Waals surface area contributed by atoms with Crippen LogP contribution < -0.4 is 5.73 Å². The third kappa shape index (κ3) is 4.43. The van der Waals surface area contributed by atoms with Gasteiger partial charge in [0.05, 0.1) is 5.75 Å². The second kappa shape index (κ2) is 7.90. The maximum absolute atomic E-state index is 12.3. The quantitative estimate of drug-likeness (QED) is 0.805. The molecular formula is C18H22N4O3S. The average Bonchev–Trinajstić information content (AvgIpc) is 3.08. The highest BCUT2D eigenvalue weighted by molar-refractivity contribution is 7.99. The minimum atomic E-state index is -0.281. The SMILES string of the molecule is Cc1cc(C)cc(-c2nnc(SCC(=O)N3CCC(C(N)=O)CC3)o2)c1. The second-order valence-corrected chi connectivity index (χ2v) is 7.52. The van der Waals surface area contributed by atoms with Crippen LogP contribution in [-0.2, 0) is 9.59 Å². The number of primary amides is 1. The first kappa shape index (κ1) is 18.4. The third-order valence-electron chi connectivity index (χ3n) is 4.44. The lowest BCUT2D eigenvalue weighted by Crippen LogP contribution is -2.42. The van der Waals surface area contributed by atoms with E-state index in [1.807, 2.05) is 26.0 Å². The fourth-order valence-corrected chi connectivity index (χ4v) is 3.78. The smallest absolute Gasteiger partial charge is 0.277 e. The molecule has 1 saturated heterocycles. The number of nitrogens with two attached hydrogens (primary N) is 1. The van der Waals surface area contributed by atoms with Crippen LogP contribution in [-0.4, -0.2) is 45.8 Å². The van der Waals surface area contributed by atoms with Crippen LogP contribution in [0.5, 0.6) is 0 Å². The summed E-state index contributed by atoms with van der Waals surface area (Å²) in [6, 6.07) is 6.06. The van der Waals surface area contributed by atoms with Gasteiger partial charge in [0, 0.05) is 24.6 Å². The lowest BCUT2D eigenvalue weighted by Gasteiger charge is -2.30. The Bertz CT molecular complexity index is 792. The zero-order valence-corrected chi connectivity index (χ0v) is 15.7. The number of hydrogen-bond donors (Lipinski definition) is 1. The molecule has 26 heavy (non-hydrogen) atoms. The van der Waals surface area contributed by atoms with E-state index in [4.69, 9.17) is 10.2 Å². The third-order valence-corrected chi connectivity index (χ3v) is 5.25. The van der Waals surface area contributed by atoms with Crippen molar-refractivity contribution in [2.45, 2.75) is 31.9 Å². The number of amides is 2. The maximum atomic E-state index is 12.3. The van der Waals surface area contributed by atoms with Gasteiger partial charge < -0.3 is 15.1 Å². The number of piperidine rings is 1. The Hall–Kier alpha value is -2.35. The molecule has 0 saturated carbocycles. The molecule has 138 valence electrons. The van der Waals surface area contributed by atoms with Crippen molar-refractivity contribution in [3.8, 4) is 11.5 Å². The highest BCUT2D eigenvalue weighted by atomic mass is 32.2. The van der Waals surface area contributed by atoms with Crippen LogP contribution >= 0.6 is 11.8 Å². The molecule has 8 heteroatoms. The summed E-state index contributed by atoms with van der Waals surface area (Å²) in [5, 5.41) is 8.47. The van der Waals surface area contributed by atoms with Gasteiger partial charge in [0.2, 0.25) is 17.7 Å². The molecular weight excluding hydrogens is 352 g/mol. The maximum Gasteiger partial charge on any atom is 0.277 e. The largest absolute Gasteiger partial charge is 0.411 e. The first-order valence-electron chi connectivity index (χ1n) is 8.54. The van der Waals surface area contributed by atoms with Gasteiger partial charge >= 0.3 is 0 Å². The molecule has 3 rings (SSSR count). The molecule has 0 aliphatic carbocycles. The normalized spacial score (nSPS) is 15.2. The average molecular weight is 374 g/mol. The van der Waals surface area contributed by atoms with Gasteiger partial charge in [0.25, 0.3) is 5.22 Å². The van der Waals surface area contributed by atoms with Gasteiger partial charge in [-0.25, -0.2) is 0 Å². The van der Waals surface area contributed by atoms with Crippen molar-refractivity contribution in [1.29, 1.82) is 0 Å². The van der Waals surface area contributed by atoms with E-state index in [9.17, 15) is 9.59 Å². The Morgan fingerprint density at radius 1 is 1.19 bits per heavy atom. The summed E-state index contributed by atoms with van der Waals surface area (Å²) in [6.45, 7) is 5.15. The predicted octanol–water partition coefficient (Wildman–Crippen LogP) is 2.17. The zero-order chi connectivity index (χ0) is 18.7. The number of nitrogens with zero attached hydrogens (tertiary/aromatic N) is 3. The fourth-order valence-electron chi connectivity index (χ4n) is 3.11. The van der Waals surface area contributed by atoms with E-state index in [1.54, 1.807) is 4.90 Å². The van der Waals surface area contributed by atoms with E-state index in [-0.39, 0.29) is 23.5 Å². The number of likely N-dealkylation sites (tertiary alicyclic amines) is 1. The van der Waals surface area contributed by atoms with E-state index in [2.05, 4.69) is 16.3 Å². The fraction of sp³-hybridized carbons (Fsp3) is 0.444. The molecule has 2 aromatic rings. The summed E-state index contributed by atoms with van der Waals surface area (Å²) in [5.41, 5.74) is 8.45. The molecule has 0 bridgehead atoms. The summed E-state index contributed by atoms with van der Waals surface area (Å²) in [6.07, 6.45) is 1.26. The topological polar surface area (TPSA) is 102 Å². The van der Waals surface area contributed by atoms with Crippen molar-refractivity contribution in [2.24, 2.45) is 11.7 Å². The van der Waals surface area contributed by atoms with Crippen LogP contribution in [0.1, 0.15) is 24.0 Å². The highest BCUT2D eigenvalue weighted by Gasteiger charge is 2.26. The first-order valence-corrected chi connectivity index (χ1v) is 9.53. The minimum Gasteiger partial charge on any atom is -0.411 e. The lowest BCUT2D eigenvalue weighted by atomic mass is 9.96. The Morgan fingerprint density at radius 2 is 1.85 bits per heavy atom. The van der Waals surface area contributed by atoms with E-state index in [0.717, 1.165) is 16.7 Å². The predicted molar refractivity (Wildman–Crippen MR) is 98.4 cm³/mol. The minimum absolute atomic E-state index is 0.00377. The molecule has 2 N–H and O–H groups in total. The van der Waals surface area contributed by atoms with Crippen LogP contribution in [0.25, 0.3) is 11.5 Å². The number of carbonyl (C=O) groups excluding carboxylic acids is 2. The van der Waals surface area contributed by atoms with Crippen LogP contribution in [0, 0.1) is 19.8 Å². The Balaban J connectivity index is 1.55. The summed E-state index contributed by atoms with van der Waals surface area (Å²) in [5.74, 6) is 0.285. The van der Waals surface area contributed by atoms with Crippen LogP contribution in [0.15, 0.2) is 27.8 Å². The summed E-state index contributed by atoms with van der Waals surface area (Å²) < 4.78 is 5.67. The number of carbonyl (C=O) groups is 2. The molecule has 1 fully saturated rings. The van der Waals surface area contributed by atoms with Gasteiger partial charge in [-0.15, -0.1) is 10.2 Å². The Kier molecular flexibility index (Phi) is 5.61. The molecule has 0 unspecified atom stereocenters. The molecule has 2 heterocycles. The number of aryl methyl sites for hydroxylation is 2. The highest BCUT2D eigenvalue weighted by Crippen LogP contribution is 2.25. The molecule has 1 aromatic carbocycles. The monoisotopic (exact) mass is 374 g/mol. The Labute approximate surface area is 156 Å². The number of aromatic nitrogens is 2. The van der Waals surface area contributed by atoms with Crippen LogP contribution in [0.4, 0.5) is 0 Å². The van der Waals surface area contributed by atoms with E-state index < -0.39 is 0 Å². The van der Waals surface area contributed by atoms with Crippen molar-refractivity contribution in [3.63, 3.8) is 0 Å². The zero-order valence-electron chi connectivity index (χ0n) is 14.9. The van der Waals surface area contributed by atoms with Gasteiger partial charge in [-0.3, -0.25) is 9.59 Å². The van der Waals surface area contributed by atoms with Gasteiger partial charge in [0.1, 0.15) is 0 Å². The summed E-state index contributed by atoms with van der Waals surface area (Å²) >= 11 is 1.23. The van der Waals surface area contributed by atoms with Crippen LogP contribution in [0.3, 0.4) is 0 Å². The van der Waals surface area contributed by atoms with E-state index >= 15 is 0 Å². The molecule has 0 spiro atoms. The van der Waals surface area contributed by atoms with Crippen molar-refractivity contribution in [1.82, 2.24) is 15.1 Å². The van der Waals surface area contributed by atoms with Gasteiger partial charge in [-0.05, 0) is 38.8 Å². The van der Waals surface area contributed by atoms with E-state index in [1.165, 1.54) is 11.8 Å². The van der Waals surface area contributed by atoms with Crippen molar-refractivity contribution in [2.75, 3.05) is 18.8 Å². The second-order valence-electron chi connectivity index (χ2n) is 6.60. The van der Waals surface area contributed by atoms with Crippen molar-refractivity contribution >= 4 is 23.6 Å². The molecule has 1 aliphatic rings. The van der Waals surface area contributed by atoms with Gasteiger partial charge in [0.15, 0.2) is 0 Å². The number of rotatable bonds is 5. The number of benzene rings is 1. The summed E-state index contributed by atoms with van der Waals surface area (Å²) in [4.78, 5) is 25.3.